The maximum Gasteiger partial charge on any atom is 0.259 e. The molecule has 2 aromatic heterocycles. The van der Waals surface area contributed by atoms with Crippen molar-refractivity contribution >= 4 is 34.5 Å². The van der Waals surface area contributed by atoms with Gasteiger partial charge in [0.1, 0.15) is 5.69 Å². The van der Waals surface area contributed by atoms with E-state index in [4.69, 9.17) is 16.9 Å². The van der Waals surface area contributed by atoms with E-state index >= 15 is 0 Å². The second-order valence-corrected chi connectivity index (χ2v) is 6.39. The Bertz CT molecular complexity index is 878. The molecule has 0 saturated carbocycles. The monoisotopic (exact) mass is 356 g/mol. The molecule has 0 aliphatic rings. The van der Waals surface area contributed by atoms with Crippen molar-refractivity contribution in [3.63, 3.8) is 0 Å². The first-order chi connectivity index (χ1) is 11.7. The van der Waals surface area contributed by atoms with E-state index in [9.17, 15) is 4.79 Å². The van der Waals surface area contributed by atoms with E-state index in [1.165, 1.54) is 11.3 Å². The van der Waals surface area contributed by atoms with Crippen LogP contribution in [0.15, 0.2) is 48.0 Å². The third-order valence-corrected chi connectivity index (χ3v) is 4.44. The van der Waals surface area contributed by atoms with Crippen LogP contribution in [0.25, 0.3) is 10.6 Å². The second kappa shape index (κ2) is 7.30. The molecule has 5 nitrogen and oxygen atoms in total. The van der Waals surface area contributed by atoms with E-state index in [1.54, 1.807) is 35.1 Å². The maximum absolute atomic E-state index is 12.6. The number of aryl methyl sites for hydroxylation is 1. The molecule has 0 aliphatic heterocycles. The lowest BCUT2D eigenvalue weighted by Gasteiger charge is -2.04. The third-order valence-electron chi connectivity index (χ3n) is 3.32. The summed E-state index contributed by atoms with van der Waals surface area (Å²) in [4.78, 5) is 13.6. The summed E-state index contributed by atoms with van der Waals surface area (Å²) in [5.74, 6) is -0.246. The van der Waals surface area contributed by atoms with Gasteiger partial charge in [-0.2, -0.15) is 10.4 Å². The molecule has 0 unspecified atom stereocenters. The lowest BCUT2D eigenvalue weighted by Crippen LogP contribution is -2.12. The first-order valence-electron chi connectivity index (χ1n) is 7.22. The molecule has 0 atom stereocenters. The molecule has 120 valence electrons. The van der Waals surface area contributed by atoms with Gasteiger partial charge in [-0.05, 0) is 35.7 Å². The molecule has 0 fully saturated rings. The van der Waals surface area contributed by atoms with Crippen LogP contribution in [0.3, 0.4) is 0 Å². The Morgan fingerprint density at radius 2 is 2.12 bits per heavy atom. The lowest BCUT2D eigenvalue weighted by atomic mass is 10.2. The van der Waals surface area contributed by atoms with E-state index in [0.29, 0.717) is 34.9 Å². The number of anilines is 1. The minimum absolute atomic E-state index is 0.246. The SMILES string of the molecule is N#CCCn1cc(C(=O)Nc2ccc(Cl)cc2)c(-c2cccs2)n1. The van der Waals surface area contributed by atoms with Gasteiger partial charge in [0, 0.05) is 16.9 Å². The van der Waals surface area contributed by atoms with Crippen LogP contribution in [0.1, 0.15) is 16.8 Å². The first kappa shape index (κ1) is 16.2. The van der Waals surface area contributed by atoms with Crippen molar-refractivity contribution in [2.75, 3.05) is 5.32 Å². The number of carbonyl (C=O) groups excluding carboxylic acids is 1. The number of thiophene rings is 1. The molecule has 3 aromatic rings. The van der Waals surface area contributed by atoms with Gasteiger partial charge in [0.25, 0.3) is 5.91 Å². The molecule has 1 aromatic carbocycles. The van der Waals surface area contributed by atoms with Crippen LogP contribution in [0.5, 0.6) is 0 Å². The summed E-state index contributed by atoms with van der Waals surface area (Å²) in [6, 6.07) is 12.8. The Morgan fingerprint density at radius 1 is 1.33 bits per heavy atom. The lowest BCUT2D eigenvalue weighted by molar-refractivity contribution is 0.102. The van der Waals surface area contributed by atoms with Gasteiger partial charge >= 0.3 is 0 Å². The number of aromatic nitrogens is 2. The summed E-state index contributed by atoms with van der Waals surface area (Å²) in [5, 5.41) is 18.6. The molecule has 3 rings (SSSR count). The molecule has 1 amide bonds. The average Bonchev–Trinajstić information content (AvgIpc) is 3.24. The van der Waals surface area contributed by atoms with Crippen molar-refractivity contribution in [3.8, 4) is 16.6 Å². The number of carbonyl (C=O) groups is 1. The number of nitrogens with one attached hydrogen (secondary N) is 1. The van der Waals surface area contributed by atoms with Crippen LogP contribution in [0.2, 0.25) is 5.02 Å². The summed E-state index contributed by atoms with van der Waals surface area (Å²) in [6.45, 7) is 0.448. The fraction of sp³-hybridized carbons (Fsp3) is 0.118. The van der Waals surface area contributed by atoms with Crippen molar-refractivity contribution in [2.45, 2.75) is 13.0 Å². The third kappa shape index (κ3) is 3.65. The van der Waals surface area contributed by atoms with Gasteiger partial charge in [-0.15, -0.1) is 11.3 Å². The van der Waals surface area contributed by atoms with Crippen molar-refractivity contribution in [1.82, 2.24) is 9.78 Å². The standard InChI is InChI=1S/C17H13ClN4OS/c18-12-4-6-13(7-5-12)20-17(23)14-11-22(9-2-8-19)21-16(14)15-3-1-10-24-15/h1,3-7,10-11H,2,9H2,(H,20,23). The number of benzene rings is 1. The fourth-order valence-corrected chi connectivity index (χ4v) is 3.04. The van der Waals surface area contributed by atoms with Gasteiger partial charge in [-0.1, -0.05) is 17.7 Å². The first-order valence-corrected chi connectivity index (χ1v) is 8.48. The maximum atomic E-state index is 12.6. The summed E-state index contributed by atoms with van der Waals surface area (Å²) >= 11 is 7.37. The van der Waals surface area contributed by atoms with E-state index in [0.717, 1.165) is 4.88 Å². The van der Waals surface area contributed by atoms with Gasteiger partial charge in [-0.25, -0.2) is 0 Å². The van der Waals surface area contributed by atoms with E-state index in [-0.39, 0.29) is 5.91 Å². The Morgan fingerprint density at radius 3 is 2.79 bits per heavy atom. The quantitative estimate of drug-likeness (QED) is 0.735. The summed E-state index contributed by atoms with van der Waals surface area (Å²) in [5.41, 5.74) is 1.76. The van der Waals surface area contributed by atoms with Crippen LogP contribution in [-0.2, 0) is 6.54 Å². The summed E-state index contributed by atoms with van der Waals surface area (Å²) in [6.07, 6.45) is 2.02. The predicted molar refractivity (Wildman–Crippen MR) is 95.2 cm³/mol. The van der Waals surface area contributed by atoms with Crippen molar-refractivity contribution < 1.29 is 4.79 Å². The zero-order chi connectivity index (χ0) is 16.9. The number of hydrogen-bond donors (Lipinski definition) is 1. The molecule has 0 radical (unpaired) electrons. The zero-order valence-corrected chi connectivity index (χ0v) is 14.1. The van der Waals surface area contributed by atoms with E-state index in [2.05, 4.69) is 16.5 Å². The highest BCUT2D eigenvalue weighted by molar-refractivity contribution is 7.13. The van der Waals surface area contributed by atoms with Gasteiger partial charge in [0.15, 0.2) is 0 Å². The van der Waals surface area contributed by atoms with Crippen molar-refractivity contribution in [3.05, 3.63) is 58.6 Å². The number of nitrogens with zero attached hydrogens (tertiary/aromatic N) is 3. The molecule has 2 heterocycles. The Hall–Kier alpha value is -2.62. The number of hydrogen-bond acceptors (Lipinski definition) is 4. The van der Waals surface area contributed by atoms with Gasteiger partial charge < -0.3 is 5.32 Å². The topological polar surface area (TPSA) is 70.7 Å². The van der Waals surface area contributed by atoms with Crippen molar-refractivity contribution in [2.24, 2.45) is 0 Å². The Kier molecular flexibility index (Phi) is 4.94. The molecular weight excluding hydrogens is 344 g/mol. The van der Waals surface area contributed by atoms with Crippen LogP contribution >= 0.6 is 22.9 Å². The number of rotatable bonds is 5. The highest BCUT2D eigenvalue weighted by atomic mass is 35.5. The van der Waals surface area contributed by atoms with Gasteiger partial charge in [0.2, 0.25) is 0 Å². The molecule has 0 spiro atoms. The molecule has 0 bridgehead atoms. The summed E-state index contributed by atoms with van der Waals surface area (Å²) in [7, 11) is 0. The fourth-order valence-electron chi connectivity index (χ4n) is 2.19. The number of nitriles is 1. The number of amides is 1. The van der Waals surface area contributed by atoms with Crippen LogP contribution in [0, 0.1) is 11.3 Å². The van der Waals surface area contributed by atoms with E-state index < -0.39 is 0 Å². The largest absolute Gasteiger partial charge is 0.322 e. The molecular formula is C17H13ClN4OS. The molecule has 24 heavy (non-hydrogen) atoms. The highest BCUT2D eigenvalue weighted by Gasteiger charge is 2.18. The van der Waals surface area contributed by atoms with Crippen LogP contribution in [-0.4, -0.2) is 15.7 Å². The van der Waals surface area contributed by atoms with Gasteiger partial charge in [0.05, 0.1) is 29.5 Å². The van der Waals surface area contributed by atoms with E-state index in [1.807, 2.05) is 17.5 Å². The highest BCUT2D eigenvalue weighted by Crippen LogP contribution is 2.27. The summed E-state index contributed by atoms with van der Waals surface area (Å²) < 4.78 is 1.63. The normalized spacial score (nSPS) is 10.3. The molecule has 0 aliphatic carbocycles. The Balaban J connectivity index is 1.90. The van der Waals surface area contributed by atoms with Crippen LogP contribution < -0.4 is 5.32 Å². The minimum Gasteiger partial charge on any atom is -0.322 e. The molecule has 7 heteroatoms. The molecule has 1 N–H and O–H groups in total. The zero-order valence-electron chi connectivity index (χ0n) is 12.6. The number of halogens is 1. The average molecular weight is 357 g/mol. The predicted octanol–water partition coefficient (Wildman–Crippen LogP) is 4.43. The van der Waals surface area contributed by atoms with Gasteiger partial charge in [-0.3, -0.25) is 9.48 Å². The molecule has 0 saturated heterocycles. The smallest absolute Gasteiger partial charge is 0.259 e. The second-order valence-electron chi connectivity index (χ2n) is 5.00. The van der Waals surface area contributed by atoms with Crippen LogP contribution in [0.4, 0.5) is 5.69 Å². The Labute approximate surface area is 148 Å². The van der Waals surface area contributed by atoms with Crippen molar-refractivity contribution in [1.29, 1.82) is 5.26 Å². The minimum atomic E-state index is -0.246.